The summed E-state index contributed by atoms with van der Waals surface area (Å²) in [5.41, 5.74) is 2.15. The Hall–Kier alpha value is -4.87. The second-order valence-corrected chi connectivity index (χ2v) is 8.35. The van der Waals surface area contributed by atoms with E-state index in [2.05, 4.69) is 35.7 Å². The van der Waals surface area contributed by atoms with Crippen LogP contribution in [0, 0.1) is 0 Å². The monoisotopic (exact) mass is 485 g/mol. The second kappa shape index (κ2) is 9.78. The summed E-state index contributed by atoms with van der Waals surface area (Å²) < 4.78 is 7.03. The Kier molecular flexibility index (Phi) is 6.22. The van der Waals surface area contributed by atoms with Gasteiger partial charge >= 0.3 is 6.09 Å². The Labute approximate surface area is 206 Å². The van der Waals surface area contributed by atoms with E-state index >= 15 is 0 Å². The van der Waals surface area contributed by atoms with Crippen LogP contribution >= 0.6 is 0 Å². The number of rotatable bonds is 7. The molecule has 1 fully saturated rings. The van der Waals surface area contributed by atoms with Crippen LogP contribution in [0.15, 0.2) is 61.4 Å². The zero-order chi connectivity index (χ0) is 25.1. The van der Waals surface area contributed by atoms with Crippen LogP contribution < -0.4 is 15.4 Å². The number of nitrogens with one attached hydrogen (secondary N) is 2. The van der Waals surface area contributed by atoms with Crippen LogP contribution in [-0.2, 0) is 0 Å². The minimum atomic E-state index is -0.823. The average Bonchev–Trinajstić information content (AvgIpc) is 3.66. The summed E-state index contributed by atoms with van der Waals surface area (Å²) >= 11 is 0. The maximum Gasteiger partial charge on any atom is 0.418 e. The highest BCUT2D eigenvalue weighted by molar-refractivity contribution is 6.01. The lowest BCUT2D eigenvalue weighted by atomic mass is 10.2. The molecule has 4 heterocycles. The number of anilines is 3. The molecule has 36 heavy (non-hydrogen) atoms. The number of carbonyl (C=O) groups excluding carboxylic acids is 2. The highest BCUT2D eigenvalue weighted by Gasteiger charge is 2.27. The zero-order valence-corrected chi connectivity index (χ0v) is 19.6. The van der Waals surface area contributed by atoms with Gasteiger partial charge in [0.15, 0.2) is 11.5 Å². The van der Waals surface area contributed by atoms with Crippen molar-refractivity contribution in [1.29, 1.82) is 0 Å². The number of carbonyl (C=O) groups is 2. The van der Waals surface area contributed by atoms with Crippen molar-refractivity contribution in [1.82, 2.24) is 34.6 Å². The molecule has 1 saturated carbocycles. The summed E-state index contributed by atoms with van der Waals surface area (Å²) in [4.78, 5) is 43.8. The van der Waals surface area contributed by atoms with E-state index in [0.717, 1.165) is 18.5 Å². The molecule has 5 rings (SSSR count). The predicted molar refractivity (Wildman–Crippen MR) is 131 cm³/mol. The van der Waals surface area contributed by atoms with Crippen molar-refractivity contribution in [2.45, 2.75) is 18.8 Å². The SMILES string of the molecule is CN(C)C(=O)c1nn(-c2ccccn2)cc1NC(=O)Oc1nc(C2CC2)ccc1Nc1cncnc1. The lowest BCUT2D eigenvalue weighted by Gasteiger charge is -2.13. The van der Waals surface area contributed by atoms with E-state index in [1.807, 2.05) is 6.07 Å². The molecule has 1 aliphatic carbocycles. The molecule has 0 bridgehead atoms. The standard InChI is InChI=1S/C24H23N9O3/c1-32(2)23(34)21-19(13-33(31-21)20-5-3-4-10-27-20)30-24(35)36-22-18(28-16-11-25-14-26-12-16)9-8-17(29-22)15-6-7-15/h3-5,8-15,28H,6-7H2,1-2H3,(H,30,35). The number of aromatic nitrogens is 6. The van der Waals surface area contributed by atoms with E-state index in [-0.39, 0.29) is 23.2 Å². The zero-order valence-electron chi connectivity index (χ0n) is 19.6. The van der Waals surface area contributed by atoms with Crippen molar-refractivity contribution in [2.75, 3.05) is 24.7 Å². The summed E-state index contributed by atoms with van der Waals surface area (Å²) in [6, 6.07) is 9.00. The number of ether oxygens (including phenoxy) is 1. The number of nitrogens with zero attached hydrogens (tertiary/aromatic N) is 7. The molecule has 12 heteroatoms. The molecule has 0 radical (unpaired) electrons. The summed E-state index contributed by atoms with van der Waals surface area (Å²) in [7, 11) is 3.20. The first-order valence-electron chi connectivity index (χ1n) is 11.2. The molecule has 0 aliphatic heterocycles. The van der Waals surface area contributed by atoms with Crippen molar-refractivity contribution in [3.63, 3.8) is 0 Å². The van der Waals surface area contributed by atoms with Gasteiger partial charge in [0, 0.05) is 31.9 Å². The molecule has 2 N–H and O–H groups in total. The van der Waals surface area contributed by atoms with Crippen molar-refractivity contribution in [3.8, 4) is 11.7 Å². The maximum atomic E-state index is 13.0. The van der Waals surface area contributed by atoms with Crippen LogP contribution in [-0.4, -0.2) is 60.7 Å². The number of pyridine rings is 2. The lowest BCUT2D eigenvalue weighted by molar-refractivity contribution is 0.0822. The molecule has 0 spiro atoms. The Morgan fingerprint density at radius 3 is 2.58 bits per heavy atom. The van der Waals surface area contributed by atoms with Crippen LogP contribution in [0.5, 0.6) is 5.88 Å². The fourth-order valence-electron chi connectivity index (χ4n) is 3.42. The van der Waals surface area contributed by atoms with Crippen molar-refractivity contribution in [3.05, 3.63) is 72.8 Å². The Morgan fingerprint density at radius 1 is 1.08 bits per heavy atom. The third-order valence-electron chi connectivity index (χ3n) is 5.35. The molecule has 0 unspecified atom stereocenters. The first-order valence-corrected chi connectivity index (χ1v) is 11.2. The van der Waals surface area contributed by atoms with Gasteiger partial charge in [0.1, 0.15) is 12.0 Å². The molecule has 1 aliphatic rings. The first-order chi connectivity index (χ1) is 17.5. The van der Waals surface area contributed by atoms with E-state index < -0.39 is 6.09 Å². The second-order valence-electron chi connectivity index (χ2n) is 8.35. The quantitative estimate of drug-likeness (QED) is 0.403. The smallest absolute Gasteiger partial charge is 0.389 e. The minimum Gasteiger partial charge on any atom is -0.389 e. The number of hydrogen-bond acceptors (Lipinski definition) is 9. The van der Waals surface area contributed by atoms with Gasteiger partial charge < -0.3 is 15.0 Å². The van der Waals surface area contributed by atoms with E-state index in [9.17, 15) is 9.59 Å². The van der Waals surface area contributed by atoms with Gasteiger partial charge in [-0.1, -0.05) is 6.07 Å². The molecular formula is C24H23N9O3. The molecule has 2 amide bonds. The summed E-state index contributed by atoms with van der Waals surface area (Å²) in [5, 5.41) is 10.1. The van der Waals surface area contributed by atoms with Crippen molar-refractivity contribution >= 4 is 29.1 Å². The molecule has 182 valence electrons. The van der Waals surface area contributed by atoms with Gasteiger partial charge in [-0.2, -0.15) is 5.10 Å². The highest BCUT2D eigenvalue weighted by atomic mass is 16.6. The topological polar surface area (TPSA) is 140 Å². The van der Waals surface area contributed by atoms with Gasteiger partial charge in [-0.3, -0.25) is 10.1 Å². The Bertz CT molecular complexity index is 1390. The largest absolute Gasteiger partial charge is 0.418 e. The van der Waals surface area contributed by atoms with Gasteiger partial charge in [0.25, 0.3) is 5.91 Å². The summed E-state index contributed by atoms with van der Waals surface area (Å²) in [6.45, 7) is 0. The van der Waals surface area contributed by atoms with Crippen LogP contribution in [0.4, 0.5) is 21.9 Å². The van der Waals surface area contributed by atoms with Gasteiger partial charge in [-0.05, 0) is 37.1 Å². The normalized spacial score (nSPS) is 12.6. The lowest BCUT2D eigenvalue weighted by Crippen LogP contribution is -2.25. The first kappa shape index (κ1) is 22.9. The molecule has 12 nitrogen and oxygen atoms in total. The minimum absolute atomic E-state index is 0.0436. The molecular weight excluding hydrogens is 462 g/mol. The molecule has 0 saturated heterocycles. The fourth-order valence-corrected chi connectivity index (χ4v) is 3.42. The molecule has 4 aromatic rings. The van der Waals surface area contributed by atoms with Crippen LogP contribution in [0.1, 0.15) is 34.9 Å². The number of amides is 2. The van der Waals surface area contributed by atoms with Crippen LogP contribution in [0.2, 0.25) is 0 Å². The third-order valence-corrected chi connectivity index (χ3v) is 5.35. The van der Waals surface area contributed by atoms with E-state index in [1.54, 1.807) is 57.0 Å². The van der Waals surface area contributed by atoms with Crippen LogP contribution in [0.25, 0.3) is 5.82 Å². The predicted octanol–water partition coefficient (Wildman–Crippen LogP) is 3.39. The van der Waals surface area contributed by atoms with Gasteiger partial charge in [-0.15, -0.1) is 0 Å². The van der Waals surface area contributed by atoms with Crippen LogP contribution in [0.3, 0.4) is 0 Å². The van der Waals surface area contributed by atoms with Crippen molar-refractivity contribution in [2.24, 2.45) is 0 Å². The van der Waals surface area contributed by atoms with E-state index in [4.69, 9.17) is 4.74 Å². The highest BCUT2D eigenvalue weighted by Crippen LogP contribution is 2.41. The summed E-state index contributed by atoms with van der Waals surface area (Å²) in [6.07, 6.45) is 8.99. The maximum absolute atomic E-state index is 13.0. The van der Waals surface area contributed by atoms with Gasteiger partial charge in [0.05, 0.1) is 30.0 Å². The fraction of sp³-hybridized carbons (Fsp3) is 0.208. The summed E-state index contributed by atoms with van der Waals surface area (Å²) in [5.74, 6) is 0.547. The van der Waals surface area contributed by atoms with Gasteiger partial charge in [0.2, 0.25) is 5.88 Å². The van der Waals surface area contributed by atoms with Crippen molar-refractivity contribution < 1.29 is 14.3 Å². The van der Waals surface area contributed by atoms with Gasteiger partial charge in [-0.25, -0.2) is 29.4 Å². The molecule has 4 aromatic heterocycles. The average molecular weight is 486 g/mol. The Balaban J connectivity index is 1.41. The third kappa shape index (κ3) is 5.12. The van der Waals surface area contributed by atoms with E-state index in [1.165, 1.54) is 22.1 Å². The van der Waals surface area contributed by atoms with E-state index in [0.29, 0.717) is 23.1 Å². The molecule has 0 aromatic carbocycles. The Morgan fingerprint density at radius 2 is 1.89 bits per heavy atom. The number of hydrogen-bond donors (Lipinski definition) is 2. The molecule has 0 atom stereocenters.